The monoisotopic (exact) mass is 1130 g/mol. The third-order valence-electron chi connectivity index (χ3n) is 21.3. The fraction of sp³-hybridized carbons (Fsp3) is 0.909. The van der Waals surface area contributed by atoms with Crippen LogP contribution in [0.15, 0.2) is 11.6 Å². The van der Waals surface area contributed by atoms with Gasteiger partial charge in [-0.2, -0.15) is 0 Å². The van der Waals surface area contributed by atoms with Crippen molar-refractivity contribution >= 4 is 17.9 Å². The van der Waals surface area contributed by atoms with Gasteiger partial charge in [0.15, 0.2) is 25.0 Å². The van der Waals surface area contributed by atoms with Crippen molar-refractivity contribution in [3.63, 3.8) is 0 Å². The number of fused-ring (bicyclic) bond motifs is 7. The Balaban J connectivity index is 1.11. The first-order chi connectivity index (χ1) is 36.9. The van der Waals surface area contributed by atoms with Crippen molar-refractivity contribution in [2.24, 2.45) is 56.2 Å². The van der Waals surface area contributed by atoms with Crippen molar-refractivity contribution < 1.29 is 119 Å². The fourth-order valence-corrected chi connectivity index (χ4v) is 16.3. The van der Waals surface area contributed by atoms with E-state index >= 15 is 0 Å². The molecule has 24 heteroatoms. The van der Waals surface area contributed by atoms with Crippen LogP contribution in [0.2, 0.25) is 0 Å². The molecule has 0 spiro atoms. The predicted molar refractivity (Wildman–Crippen MR) is 269 cm³/mol. The van der Waals surface area contributed by atoms with Gasteiger partial charge in [-0.05, 0) is 85.4 Å². The average Bonchev–Trinajstić information content (AvgIpc) is 3.29. The SMILES string of the molecule is CC[C@@H](C)C(=O)O[C@H]1[C@H](OC(C)=O)[C@]2(CO)[C@H](O)C[C@]3(C)C(=CC[C@@H]4[C@@]5(C)CC[C@H](O[C@@H]6O[C@H](C(=O)O)[C@@H](O[C@@H]7O[C@H](CO)[C@@H](O)[C@H](O)[C@H]7O)[C@H](O)[C@H]6O[C@@H]6O[C@H](CO)[C@@H](O)[C@H](O)[C@H]6O)[C@](C)(CO)[C@@H]5CC[C@]43C)[C@@H]2CC1(C)C. The van der Waals surface area contributed by atoms with Crippen LogP contribution in [-0.2, 0) is 52.3 Å². The molecule has 0 radical (unpaired) electrons. The number of carbonyl (C=O) groups is 3. The molecule has 8 aliphatic rings. The van der Waals surface area contributed by atoms with E-state index in [4.69, 9.17) is 37.9 Å². The highest BCUT2D eigenvalue weighted by Crippen LogP contribution is 2.76. The Bertz CT molecular complexity index is 2230. The lowest BCUT2D eigenvalue weighted by atomic mass is 9.33. The number of aliphatic hydroxyl groups excluding tert-OH is 12. The largest absolute Gasteiger partial charge is 0.479 e. The summed E-state index contributed by atoms with van der Waals surface area (Å²) in [5.74, 6) is -4.15. The van der Waals surface area contributed by atoms with E-state index in [1.165, 1.54) is 6.92 Å². The maximum atomic E-state index is 13.5. The van der Waals surface area contributed by atoms with Gasteiger partial charge >= 0.3 is 17.9 Å². The van der Waals surface area contributed by atoms with Crippen molar-refractivity contribution in [2.75, 3.05) is 26.4 Å². The van der Waals surface area contributed by atoms with Gasteiger partial charge in [-0.3, -0.25) is 9.59 Å². The number of aliphatic hydroxyl groups is 12. The summed E-state index contributed by atoms with van der Waals surface area (Å²) in [6, 6.07) is 0. The summed E-state index contributed by atoms with van der Waals surface area (Å²) < 4.78 is 48.3. The predicted octanol–water partition coefficient (Wildman–Crippen LogP) is -1.24. The van der Waals surface area contributed by atoms with Gasteiger partial charge in [-0.15, -0.1) is 0 Å². The maximum Gasteiger partial charge on any atom is 0.335 e. The number of aliphatic carboxylic acids is 1. The zero-order valence-corrected chi connectivity index (χ0v) is 46.6. The zero-order valence-electron chi connectivity index (χ0n) is 46.6. The molecule has 0 amide bonds. The summed E-state index contributed by atoms with van der Waals surface area (Å²) in [5, 5.41) is 143. The van der Waals surface area contributed by atoms with Crippen molar-refractivity contribution in [3.8, 4) is 0 Å². The molecule has 5 aliphatic carbocycles. The van der Waals surface area contributed by atoms with E-state index in [1.54, 1.807) is 6.92 Å². The van der Waals surface area contributed by atoms with Gasteiger partial charge in [0, 0.05) is 17.8 Å². The van der Waals surface area contributed by atoms with Gasteiger partial charge in [-0.1, -0.05) is 67.0 Å². The van der Waals surface area contributed by atoms with Gasteiger partial charge in [-0.25, -0.2) is 4.79 Å². The Hall–Kier alpha value is -2.57. The van der Waals surface area contributed by atoms with Crippen molar-refractivity contribution in [2.45, 2.75) is 230 Å². The maximum absolute atomic E-state index is 13.5. The molecule has 13 N–H and O–H groups in total. The molecule has 0 aromatic rings. The van der Waals surface area contributed by atoms with Gasteiger partial charge in [0.2, 0.25) is 0 Å². The molecular formula is C55H88O24. The molecule has 28 atom stereocenters. The molecule has 0 aromatic heterocycles. The van der Waals surface area contributed by atoms with E-state index in [0.717, 1.165) is 5.57 Å². The second kappa shape index (κ2) is 22.8. The van der Waals surface area contributed by atoms with Crippen molar-refractivity contribution in [1.29, 1.82) is 0 Å². The molecule has 8 rings (SSSR count). The first kappa shape index (κ1) is 62.5. The van der Waals surface area contributed by atoms with E-state index in [0.29, 0.717) is 38.5 Å². The lowest BCUT2D eigenvalue weighted by molar-refractivity contribution is -0.392. The topological polar surface area (TPSA) is 388 Å². The first-order valence-electron chi connectivity index (χ1n) is 28.0. The molecule has 3 heterocycles. The van der Waals surface area contributed by atoms with Crippen LogP contribution >= 0.6 is 0 Å². The number of ether oxygens (including phenoxy) is 8. The molecule has 3 saturated heterocycles. The third kappa shape index (κ3) is 10.0. The number of carboxylic acids is 1. The molecule has 24 nitrogen and oxygen atoms in total. The summed E-state index contributed by atoms with van der Waals surface area (Å²) in [4.78, 5) is 39.6. The Morgan fingerprint density at radius 1 is 0.671 bits per heavy atom. The molecular weight excluding hydrogens is 1040 g/mol. The Kier molecular flexibility index (Phi) is 18.0. The summed E-state index contributed by atoms with van der Waals surface area (Å²) in [7, 11) is 0. The summed E-state index contributed by atoms with van der Waals surface area (Å²) in [6.45, 7) is 14.5. The Morgan fingerprint density at radius 3 is 1.77 bits per heavy atom. The highest BCUT2D eigenvalue weighted by molar-refractivity contribution is 5.73. The number of allylic oxidation sites excluding steroid dienone is 2. The molecule has 7 fully saturated rings. The number of esters is 2. The normalized spacial score (nSPS) is 50.8. The standard InChI is InChI=1S/C55H88O24/c1-10-23(2)46(71)79-43-44(72-24(3)60)55(22-59)26(17-50(43,4)5)25-11-12-30-51(6)15-14-32(52(7,21-58)29(51)13-16-53(30,8)54(25,9)18-31(55)61)75-49-41(77-48-38(67)36(65)34(63)28(20-57)74-48)39(68)40(42(78-49)45(69)70)76-47-37(66)35(64)33(62)27(19-56)73-47/h11,23,26-44,47-49,56-59,61-68H,10,12-22H2,1-9H3,(H,69,70)/t23-,26+,27-,28-,29-,30-,31-,32+,33-,34-,35+,36+,37-,38-,39+,40+,41-,42+,43+,44+,47+,48+,49-,51+,52-,53-,54-,55+/m1/s1. The smallest absolute Gasteiger partial charge is 0.335 e. The second-order valence-corrected chi connectivity index (χ2v) is 25.9. The average molecular weight is 1130 g/mol. The summed E-state index contributed by atoms with van der Waals surface area (Å²) >= 11 is 0. The third-order valence-corrected chi connectivity index (χ3v) is 21.3. The lowest BCUT2D eigenvalue weighted by Crippen LogP contribution is -2.72. The van der Waals surface area contributed by atoms with Crippen LogP contribution < -0.4 is 0 Å². The molecule has 0 bridgehead atoms. The van der Waals surface area contributed by atoms with Gasteiger partial charge in [0.25, 0.3) is 0 Å². The number of hydrogen-bond donors (Lipinski definition) is 13. The quantitative estimate of drug-likeness (QED) is 0.0518. The van der Waals surface area contributed by atoms with Crippen LogP contribution in [-0.4, -0.2) is 227 Å². The van der Waals surface area contributed by atoms with Gasteiger partial charge < -0.3 is 104 Å². The van der Waals surface area contributed by atoms with E-state index < -0.39 is 205 Å². The second-order valence-electron chi connectivity index (χ2n) is 25.9. The highest BCUT2D eigenvalue weighted by atomic mass is 16.8. The number of hydrogen-bond acceptors (Lipinski definition) is 23. The minimum atomic E-state index is -2.17. The molecule has 3 aliphatic heterocycles. The molecule has 0 aromatic carbocycles. The summed E-state index contributed by atoms with van der Waals surface area (Å²) in [6.07, 6.45) is -27.4. The molecule has 79 heavy (non-hydrogen) atoms. The van der Waals surface area contributed by atoms with Crippen LogP contribution in [0.1, 0.15) is 114 Å². The van der Waals surface area contributed by atoms with Crippen LogP contribution in [0.5, 0.6) is 0 Å². The van der Waals surface area contributed by atoms with E-state index in [-0.39, 0.29) is 24.7 Å². The Morgan fingerprint density at radius 2 is 1.25 bits per heavy atom. The number of carbonyl (C=O) groups excluding carboxylic acids is 2. The van der Waals surface area contributed by atoms with Crippen LogP contribution in [0.25, 0.3) is 0 Å². The fourth-order valence-electron chi connectivity index (χ4n) is 16.3. The van der Waals surface area contributed by atoms with Crippen LogP contribution in [0.4, 0.5) is 0 Å². The van der Waals surface area contributed by atoms with Crippen LogP contribution in [0.3, 0.4) is 0 Å². The number of carboxylic acid groups (broad SMARTS) is 1. The van der Waals surface area contributed by atoms with Crippen molar-refractivity contribution in [1.82, 2.24) is 0 Å². The molecule has 452 valence electrons. The van der Waals surface area contributed by atoms with Crippen molar-refractivity contribution in [3.05, 3.63) is 11.6 Å². The summed E-state index contributed by atoms with van der Waals surface area (Å²) in [5.41, 5.74) is -4.04. The van der Waals surface area contributed by atoms with E-state index in [1.807, 2.05) is 27.7 Å². The van der Waals surface area contributed by atoms with E-state index in [2.05, 4.69) is 26.8 Å². The molecule has 0 unspecified atom stereocenters. The first-order valence-corrected chi connectivity index (χ1v) is 28.0. The zero-order chi connectivity index (χ0) is 58.4. The van der Waals surface area contributed by atoms with E-state index in [9.17, 15) is 80.8 Å². The molecule has 4 saturated carbocycles. The van der Waals surface area contributed by atoms with Crippen LogP contribution in [0, 0.1) is 56.2 Å². The minimum absolute atomic E-state index is 0.0787. The lowest BCUT2D eigenvalue weighted by Gasteiger charge is -2.72. The van der Waals surface area contributed by atoms with Gasteiger partial charge in [0.05, 0.1) is 50.0 Å². The number of rotatable bonds is 15. The minimum Gasteiger partial charge on any atom is -0.479 e. The highest BCUT2D eigenvalue weighted by Gasteiger charge is 2.74. The van der Waals surface area contributed by atoms with Gasteiger partial charge in [0.1, 0.15) is 79.4 Å². The Labute approximate surface area is 459 Å².